The Balaban J connectivity index is 1.59. The van der Waals surface area contributed by atoms with Crippen LogP contribution in [0, 0.1) is 34.5 Å². The van der Waals surface area contributed by atoms with Gasteiger partial charge in [-0.2, -0.15) is 5.26 Å². The molecule has 0 atom stereocenters. The summed E-state index contributed by atoms with van der Waals surface area (Å²) in [7, 11) is 0. The van der Waals surface area contributed by atoms with Crippen LogP contribution in [-0.2, 0) is 4.79 Å². The molecule has 4 aliphatic carbocycles. The Morgan fingerprint density at radius 1 is 1.17 bits per heavy atom. The Morgan fingerprint density at radius 3 is 2.22 bits per heavy atom. The average Bonchev–Trinajstić information content (AvgIpc) is 2.26. The molecule has 18 heavy (non-hydrogen) atoms. The molecule has 0 spiro atoms. The third kappa shape index (κ3) is 2.25. The summed E-state index contributed by atoms with van der Waals surface area (Å²) in [4.78, 5) is 12.0. The summed E-state index contributed by atoms with van der Waals surface area (Å²) in [5.41, 5.74) is 0.325. The first-order chi connectivity index (χ1) is 8.69. The molecule has 1 N–H and O–H groups in total. The van der Waals surface area contributed by atoms with Crippen LogP contribution in [-0.4, -0.2) is 12.5 Å². The lowest BCUT2D eigenvalue weighted by molar-refractivity contribution is -0.129. The Morgan fingerprint density at radius 2 is 1.72 bits per heavy atom. The van der Waals surface area contributed by atoms with Crippen molar-refractivity contribution in [3.63, 3.8) is 0 Å². The predicted molar refractivity (Wildman–Crippen MR) is 68.5 cm³/mol. The number of rotatable bonds is 4. The fourth-order valence-electron chi connectivity index (χ4n) is 5.17. The maximum atomic E-state index is 12.0. The fourth-order valence-corrected chi connectivity index (χ4v) is 5.17. The summed E-state index contributed by atoms with van der Waals surface area (Å²) in [5.74, 6) is 2.89. The van der Waals surface area contributed by atoms with Crippen LogP contribution in [0.3, 0.4) is 0 Å². The standard InChI is InChI=1S/C15H22N2O/c16-2-1-3-17-14(18)10-15-7-11-4-12(8-15)6-13(5-11)9-15/h11-13H,1,3-10H2,(H,17,18). The van der Waals surface area contributed by atoms with Gasteiger partial charge in [-0.25, -0.2) is 0 Å². The van der Waals surface area contributed by atoms with Crippen molar-refractivity contribution in [1.82, 2.24) is 5.32 Å². The number of nitrogens with one attached hydrogen (secondary N) is 1. The normalized spacial score (nSPS) is 40.5. The van der Waals surface area contributed by atoms with Crippen LogP contribution in [0.25, 0.3) is 0 Å². The van der Waals surface area contributed by atoms with Crippen LogP contribution >= 0.6 is 0 Å². The minimum Gasteiger partial charge on any atom is -0.355 e. The Labute approximate surface area is 109 Å². The van der Waals surface area contributed by atoms with Crippen molar-refractivity contribution in [2.24, 2.45) is 23.2 Å². The molecule has 4 bridgehead atoms. The molecule has 98 valence electrons. The molecule has 0 unspecified atom stereocenters. The topological polar surface area (TPSA) is 52.9 Å². The van der Waals surface area contributed by atoms with Gasteiger partial charge in [0.25, 0.3) is 0 Å². The smallest absolute Gasteiger partial charge is 0.220 e. The highest BCUT2D eigenvalue weighted by atomic mass is 16.1. The van der Waals surface area contributed by atoms with Gasteiger partial charge in [0.15, 0.2) is 0 Å². The van der Waals surface area contributed by atoms with Crippen LogP contribution in [0.2, 0.25) is 0 Å². The van der Waals surface area contributed by atoms with E-state index < -0.39 is 0 Å². The molecule has 3 nitrogen and oxygen atoms in total. The van der Waals surface area contributed by atoms with Crippen molar-refractivity contribution in [2.75, 3.05) is 6.54 Å². The summed E-state index contributed by atoms with van der Waals surface area (Å²) in [6.07, 6.45) is 9.26. The molecule has 4 rings (SSSR count). The zero-order valence-electron chi connectivity index (χ0n) is 11.0. The first-order valence-electron chi connectivity index (χ1n) is 7.33. The van der Waals surface area contributed by atoms with Crippen molar-refractivity contribution in [3.05, 3.63) is 0 Å². The zero-order valence-corrected chi connectivity index (χ0v) is 11.0. The molecular formula is C15H22N2O. The van der Waals surface area contributed by atoms with E-state index in [9.17, 15) is 4.79 Å². The summed E-state index contributed by atoms with van der Waals surface area (Å²) in [5, 5.41) is 11.4. The number of amides is 1. The highest BCUT2D eigenvalue weighted by molar-refractivity contribution is 5.76. The second kappa shape index (κ2) is 4.57. The average molecular weight is 246 g/mol. The van der Waals surface area contributed by atoms with Crippen LogP contribution in [0.1, 0.15) is 51.4 Å². The fraction of sp³-hybridized carbons (Fsp3) is 0.867. The van der Waals surface area contributed by atoms with Gasteiger partial charge < -0.3 is 5.32 Å². The molecule has 0 aromatic rings. The van der Waals surface area contributed by atoms with Gasteiger partial charge in [-0.1, -0.05) is 0 Å². The van der Waals surface area contributed by atoms with Gasteiger partial charge in [-0.05, 0) is 61.7 Å². The van der Waals surface area contributed by atoms with E-state index in [2.05, 4.69) is 11.4 Å². The first kappa shape index (κ1) is 12.0. The molecule has 0 aliphatic heterocycles. The highest BCUT2D eigenvalue weighted by Gasteiger charge is 2.51. The lowest BCUT2D eigenvalue weighted by atomic mass is 9.49. The number of hydrogen-bond acceptors (Lipinski definition) is 2. The second-order valence-electron chi connectivity index (χ2n) is 6.85. The van der Waals surface area contributed by atoms with Crippen LogP contribution in [0.15, 0.2) is 0 Å². The molecule has 0 heterocycles. The first-order valence-corrected chi connectivity index (χ1v) is 7.33. The molecular weight excluding hydrogens is 224 g/mol. The summed E-state index contributed by atoms with van der Waals surface area (Å²) in [6, 6.07) is 2.07. The number of nitriles is 1. The van der Waals surface area contributed by atoms with Gasteiger partial charge in [0.2, 0.25) is 5.91 Å². The third-order valence-electron chi connectivity index (χ3n) is 5.26. The summed E-state index contributed by atoms with van der Waals surface area (Å²) in [6.45, 7) is 0.516. The molecule has 4 saturated carbocycles. The molecule has 0 radical (unpaired) electrons. The van der Waals surface area contributed by atoms with E-state index in [0.717, 1.165) is 17.8 Å². The monoisotopic (exact) mass is 246 g/mol. The molecule has 0 saturated heterocycles. The molecule has 0 aromatic carbocycles. The summed E-state index contributed by atoms with van der Waals surface area (Å²) < 4.78 is 0. The second-order valence-corrected chi connectivity index (χ2v) is 6.85. The predicted octanol–water partition coefficient (Wildman–Crippen LogP) is 2.62. The van der Waals surface area contributed by atoms with E-state index in [1.54, 1.807) is 0 Å². The van der Waals surface area contributed by atoms with Crippen molar-refractivity contribution in [3.8, 4) is 6.07 Å². The van der Waals surface area contributed by atoms with Gasteiger partial charge in [0.1, 0.15) is 0 Å². The number of carbonyl (C=O) groups is 1. The van der Waals surface area contributed by atoms with Crippen LogP contribution < -0.4 is 5.32 Å². The maximum absolute atomic E-state index is 12.0. The van der Waals surface area contributed by atoms with E-state index >= 15 is 0 Å². The third-order valence-corrected chi connectivity index (χ3v) is 5.26. The number of hydrogen-bond donors (Lipinski definition) is 1. The van der Waals surface area contributed by atoms with Gasteiger partial charge in [0, 0.05) is 13.0 Å². The Bertz CT molecular complexity index is 347. The molecule has 3 heteroatoms. The lowest BCUT2D eigenvalue weighted by Crippen LogP contribution is -2.48. The minimum absolute atomic E-state index is 0.173. The van der Waals surface area contributed by atoms with Crippen LogP contribution in [0.4, 0.5) is 0 Å². The molecule has 0 aromatic heterocycles. The van der Waals surface area contributed by atoms with Crippen molar-refractivity contribution in [2.45, 2.75) is 51.4 Å². The van der Waals surface area contributed by atoms with Gasteiger partial charge in [-0.3, -0.25) is 4.79 Å². The lowest BCUT2D eigenvalue weighted by Gasteiger charge is -2.56. The number of carbonyl (C=O) groups excluding carboxylic acids is 1. The van der Waals surface area contributed by atoms with Crippen molar-refractivity contribution < 1.29 is 4.79 Å². The molecule has 4 aliphatic rings. The highest BCUT2D eigenvalue weighted by Crippen LogP contribution is 2.61. The minimum atomic E-state index is 0.173. The van der Waals surface area contributed by atoms with Crippen LogP contribution in [0.5, 0.6) is 0 Å². The van der Waals surface area contributed by atoms with E-state index in [4.69, 9.17) is 5.26 Å². The maximum Gasteiger partial charge on any atom is 0.220 e. The largest absolute Gasteiger partial charge is 0.355 e. The molecule has 4 fully saturated rings. The SMILES string of the molecule is N#CCCNC(=O)CC12CC3CC(CC(C3)C1)C2. The molecule has 1 amide bonds. The summed E-state index contributed by atoms with van der Waals surface area (Å²) >= 11 is 0. The number of nitrogens with zero attached hydrogens (tertiary/aromatic N) is 1. The van der Waals surface area contributed by atoms with E-state index in [0.29, 0.717) is 24.8 Å². The Hall–Kier alpha value is -1.04. The Kier molecular flexibility index (Phi) is 3.05. The van der Waals surface area contributed by atoms with Crippen molar-refractivity contribution in [1.29, 1.82) is 5.26 Å². The van der Waals surface area contributed by atoms with E-state index in [-0.39, 0.29) is 5.91 Å². The van der Waals surface area contributed by atoms with Gasteiger partial charge in [-0.15, -0.1) is 0 Å². The van der Waals surface area contributed by atoms with Gasteiger partial charge >= 0.3 is 0 Å². The van der Waals surface area contributed by atoms with E-state index in [1.807, 2.05) is 0 Å². The van der Waals surface area contributed by atoms with Crippen molar-refractivity contribution >= 4 is 5.91 Å². The zero-order chi connectivity index (χ0) is 12.6. The van der Waals surface area contributed by atoms with E-state index in [1.165, 1.54) is 38.5 Å². The van der Waals surface area contributed by atoms with Gasteiger partial charge in [0.05, 0.1) is 12.5 Å². The quantitative estimate of drug-likeness (QED) is 0.775.